The number of nitrogens with zero attached hydrogens (tertiary/aromatic N) is 1. The molecule has 0 saturated heterocycles. The van der Waals surface area contributed by atoms with E-state index in [0.717, 1.165) is 0 Å². The van der Waals surface area contributed by atoms with Crippen molar-refractivity contribution in [2.24, 2.45) is 0 Å². The first-order valence-electron chi connectivity index (χ1n) is 6.26. The van der Waals surface area contributed by atoms with Gasteiger partial charge in [0.25, 0.3) is 0 Å². The van der Waals surface area contributed by atoms with Gasteiger partial charge in [0.15, 0.2) is 5.78 Å². The van der Waals surface area contributed by atoms with Gasteiger partial charge < -0.3 is 10.2 Å². The summed E-state index contributed by atoms with van der Waals surface area (Å²) in [6.07, 6.45) is 0. The van der Waals surface area contributed by atoms with E-state index in [1.165, 1.54) is 4.90 Å². The second-order valence-electron chi connectivity index (χ2n) is 4.60. The van der Waals surface area contributed by atoms with Crippen molar-refractivity contribution in [3.05, 3.63) is 65.7 Å². The normalized spacial score (nSPS) is 9.90. The van der Waals surface area contributed by atoms with E-state index >= 15 is 0 Å². The Morgan fingerprint density at radius 1 is 0.850 bits per heavy atom. The average Bonchev–Trinajstić information content (AvgIpc) is 2.48. The predicted molar refractivity (Wildman–Crippen MR) is 79.0 cm³/mol. The van der Waals surface area contributed by atoms with E-state index in [1.54, 1.807) is 50.5 Å². The maximum atomic E-state index is 12.2. The molecule has 0 unspecified atom stereocenters. The van der Waals surface area contributed by atoms with Crippen molar-refractivity contribution in [1.29, 1.82) is 0 Å². The molecule has 0 aromatic heterocycles. The summed E-state index contributed by atoms with van der Waals surface area (Å²) in [5, 5.41) is 2.72. The van der Waals surface area contributed by atoms with Gasteiger partial charge in [-0.25, -0.2) is 4.79 Å². The van der Waals surface area contributed by atoms with Crippen LogP contribution in [0.5, 0.6) is 0 Å². The molecule has 2 aromatic carbocycles. The van der Waals surface area contributed by atoms with Crippen LogP contribution in [-0.4, -0.2) is 30.8 Å². The molecule has 2 aromatic rings. The van der Waals surface area contributed by atoms with Crippen LogP contribution < -0.4 is 5.32 Å². The molecule has 20 heavy (non-hydrogen) atoms. The van der Waals surface area contributed by atoms with Crippen molar-refractivity contribution in [2.75, 3.05) is 19.4 Å². The van der Waals surface area contributed by atoms with Gasteiger partial charge in [0.2, 0.25) is 0 Å². The molecule has 0 bridgehead atoms. The lowest BCUT2D eigenvalue weighted by Crippen LogP contribution is -2.27. The Bertz CT molecular complexity index is 604. The zero-order valence-corrected chi connectivity index (χ0v) is 11.5. The molecule has 2 amide bonds. The zero-order chi connectivity index (χ0) is 14.5. The van der Waals surface area contributed by atoms with Crippen molar-refractivity contribution in [3.8, 4) is 0 Å². The lowest BCUT2D eigenvalue weighted by molar-refractivity contribution is 0.103. The Morgan fingerprint density at radius 3 is 1.95 bits per heavy atom. The fraction of sp³-hybridized carbons (Fsp3) is 0.125. The number of benzene rings is 2. The van der Waals surface area contributed by atoms with Crippen LogP contribution in [0.25, 0.3) is 0 Å². The van der Waals surface area contributed by atoms with Gasteiger partial charge in [-0.1, -0.05) is 30.3 Å². The number of carbonyl (C=O) groups is 2. The molecule has 2 rings (SSSR count). The molecule has 0 aliphatic rings. The van der Waals surface area contributed by atoms with Gasteiger partial charge >= 0.3 is 6.03 Å². The number of carbonyl (C=O) groups excluding carboxylic acids is 2. The summed E-state index contributed by atoms with van der Waals surface area (Å²) in [6, 6.07) is 15.8. The molecule has 1 N–H and O–H groups in total. The smallest absolute Gasteiger partial charge is 0.321 e. The lowest BCUT2D eigenvalue weighted by atomic mass is 10.0. The van der Waals surface area contributed by atoms with Crippen molar-refractivity contribution >= 4 is 17.5 Å². The summed E-state index contributed by atoms with van der Waals surface area (Å²) in [7, 11) is 3.34. The van der Waals surface area contributed by atoms with E-state index in [4.69, 9.17) is 0 Å². The van der Waals surface area contributed by atoms with Crippen LogP contribution >= 0.6 is 0 Å². The standard InChI is InChI=1S/C16H16N2O2/c1-18(2)16(20)17-14-10-8-13(9-11-14)15(19)12-6-4-3-5-7-12/h3-11H,1-2H3,(H,17,20). The van der Waals surface area contributed by atoms with Gasteiger partial charge in [-0.15, -0.1) is 0 Å². The molecule has 0 fully saturated rings. The van der Waals surface area contributed by atoms with Crippen LogP contribution in [0.2, 0.25) is 0 Å². The third kappa shape index (κ3) is 3.23. The van der Waals surface area contributed by atoms with Gasteiger partial charge in [0, 0.05) is 30.9 Å². The van der Waals surface area contributed by atoms with E-state index in [1.807, 2.05) is 18.2 Å². The van der Waals surface area contributed by atoms with Crippen LogP contribution in [0.3, 0.4) is 0 Å². The van der Waals surface area contributed by atoms with Gasteiger partial charge in [-0.2, -0.15) is 0 Å². The number of ketones is 1. The molecule has 0 aliphatic heterocycles. The highest BCUT2D eigenvalue weighted by atomic mass is 16.2. The summed E-state index contributed by atoms with van der Waals surface area (Å²) >= 11 is 0. The van der Waals surface area contributed by atoms with E-state index in [-0.39, 0.29) is 11.8 Å². The summed E-state index contributed by atoms with van der Waals surface area (Å²) < 4.78 is 0. The minimum atomic E-state index is -0.202. The first-order valence-corrected chi connectivity index (χ1v) is 6.26. The Hall–Kier alpha value is -2.62. The summed E-state index contributed by atoms with van der Waals surface area (Å²) in [5.41, 5.74) is 1.91. The molecule has 0 atom stereocenters. The van der Waals surface area contributed by atoms with Crippen LogP contribution in [0, 0.1) is 0 Å². The Morgan fingerprint density at radius 2 is 1.40 bits per heavy atom. The number of anilines is 1. The van der Waals surface area contributed by atoms with Crippen LogP contribution in [0.4, 0.5) is 10.5 Å². The first-order chi connectivity index (χ1) is 9.58. The molecule has 102 valence electrons. The van der Waals surface area contributed by atoms with Gasteiger partial charge in [0.05, 0.1) is 0 Å². The van der Waals surface area contributed by atoms with Crippen molar-refractivity contribution < 1.29 is 9.59 Å². The van der Waals surface area contributed by atoms with Crippen molar-refractivity contribution in [2.45, 2.75) is 0 Å². The lowest BCUT2D eigenvalue weighted by Gasteiger charge is -2.12. The van der Waals surface area contributed by atoms with Crippen LogP contribution in [-0.2, 0) is 0 Å². The molecular weight excluding hydrogens is 252 g/mol. The number of nitrogens with one attached hydrogen (secondary N) is 1. The minimum Gasteiger partial charge on any atom is -0.331 e. The summed E-state index contributed by atoms with van der Waals surface area (Å²) in [5.74, 6) is -0.0314. The monoisotopic (exact) mass is 268 g/mol. The molecule has 0 aliphatic carbocycles. The van der Waals surface area contributed by atoms with Crippen LogP contribution in [0.1, 0.15) is 15.9 Å². The molecular formula is C16H16N2O2. The molecule has 4 nitrogen and oxygen atoms in total. The Balaban J connectivity index is 2.12. The topological polar surface area (TPSA) is 49.4 Å². The number of hydrogen-bond donors (Lipinski definition) is 1. The zero-order valence-electron chi connectivity index (χ0n) is 11.5. The fourth-order valence-corrected chi connectivity index (χ4v) is 1.70. The van der Waals surface area contributed by atoms with Gasteiger partial charge in [-0.05, 0) is 24.3 Å². The third-order valence-corrected chi connectivity index (χ3v) is 2.84. The summed E-state index contributed by atoms with van der Waals surface area (Å²) in [4.78, 5) is 25.1. The summed E-state index contributed by atoms with van der Waals surface area (Å²) in [6.45, 7) is 0. The number of urea groups is 1. The van der Waals surface area contributed by atoms with Crippen LogP contribution in [0.15, 0.2) is 54.6 Å². The predicted octanol–water partition coefficient (Wildman–Crippen LogP) is 3.01. The second kappa shape index (κ2) is 6.02. The quantitative estimate of drug-likeness (QED) is 0.870. The highest BCUT2D eigenvalue weighted by Crippen LogP contribution is 2.14. The van der Waals surface area contributed by atoms with Gasteiger partial charge in [-0.3, -0.25) is 4.79 Å². The average molecular weight is 268 g/mol. The Kier molecular flexibility index (Phi) is 4.15. The third-order valence-electron chi connectivity index (χ3n) is 2.84. The van der Waals surface area contributed by atoms with Gasteiger partial charge in [0.1, 0.15) is 0 Å². The maximum absolute atomic E-state index is 12.2. The molecule has 0 saturated carbocycles. The molecule has 0 spiro atoms. The molecule has 0 radical (unpaired) electrons. The molecule has 0 heterocycles. The SMILES string of the molecule is CN(C)C(=O)Nc1ccc(C(=O)c2ccccc2)cc1. The first kappa shape index (κ1) is 13.8. The highest BCUT2D eigenvalue weighted by molar-refractivity contribution is 6.09. The van der Waals surface area contributed by atoms with E-state index in [2.05, 4.69) is 5.32 Å². The second-order valence-corrected chi connectivity index (χ2v) is 4.60. The minimum absolute atomic E-state index is 0.0314. The van der Waals surface area contributed by atoms with E-state index < -0.39 is 0 Å². The fourth-order valence-electron chi connectivity index (χ4n) is 1.70. The van der Waals surface area contributed by atoms with Crippen molar-refractivity contribution in [1.82, 2.24) is 4.90 Å². The number of amides is 2. The van der Waals surface area contributed by atoms with E-state index in [9.17, 15) is 9.59 Å². The Labute approximate surface area is 118 Å². The largest absolute Gasteiger partial charge is 0.331 e. The van der Waals surface area contributed by atoms with Crippen molar-refractivity contribution in [3.63, 3.8) is 0 Å². The number of rotatable bonds is 3. The highest BCUT2D eigenvalue weighted by Gasteiger charge is 2.09. The maximum Gasteiger partial charge on any atom is 0.321 e. The number of hydrogen-bond acceptors (Lipinski definition) is 2. The molecule has 4 heteroatoms. The van der Waals surface area contributed by atoms with E-state index in [0.29, 0.717) is 16.8 Å².